The molecule has 9 heterocycles. The van der Waals surface area contributed by atoms with Crippen molar-refractivity contribution < 1.29 is 27.5 Å². The van der Waals surface area contributed by atoms with Crippen LogP contribution in [0.4, 0.5) is 0 Å². The Morgan fingerprint density at radius 2 is 0.770 bits per heavy atom. The van der Waals surface area contributed by atoms with Crippen LogP contribution in [-0.2, 0) is 0 Å². The summed E-state index contributed by atoms with van der Waals surface area (Å²) in [5, 5.41) is 3.93. The number of pyridine rings is 3. The van der Waals surface area contributed by atoms with Gasteiger partial charge in [0.2, 0.25) is 0 Å². The summed E-state index contributed by atoms with van der Waals surface area (Å²) in [5.41, 5.74) is 13.8. The van der Waals surface area contributed by atoms with Gasteiger partial charge in [-0.2, -0.15) is 0 Å². The summed E-state index contributed by atoms with van der Waals surface area (Å²) in [4.78, 5) is 14.4. The average Bonchev–Trinajstić information content (AvgIpc) is 4.00. The summed E-state index contributed by atoms with van der Waals surface area (Å²) >= 11 is 0. The van der Waals surface area contributed by atoms with Crippen LogP contribution in [0.1, 0.15) is 0 Å². The van der Waals surface area contributed by atoms with Gasteiger partial charge in [-0.25, -0.2) is 0 Å². The number of benzene rings is 6. The third kappa shape index (κ3) is 4.17. The molecular formula is C51H24BN3O6. The predicted octanol–water partition coefficient (Wildman–Crippen LogP) is 11.4. The summed E-state index contributed by atoms with van der Waals surface area (Å²) in [6.45, 7) is -0.240. The lowest BCUT2D eigenvalue weighted by molar-refractivity contribution is 0.443. The summed E-state index contributed by atoms with van der Waals surface area (Å²) in [5.74, 6) is 4.09. The van der Waals surface area contributed by atoms with Crippen molar-refractivity contribution in [3.8, 4) is 68.0 Å². The van der Waals surface area contributed by atoms with Gasteiger partial charge in [0.25, 0.3) is 6.71 Å². The Balaban J connectivity index is 0.984. The topological polar surface area (TPSA) is 106 Å². The van der Waals surface area contributed by atoms with Gasteiger partial charge in [0.05, 0.1) is 0 Å². The number of hydrogen-bond donors (Lipinski definition) is 0. The van der Waals surface area contributed by atoms with Crippen molar-refractivity contribution in [1.29, 1.82) is 0 Å². The predicted molar refractivity (Wildman–Crippen MR) is 236 cm³/mol. The first kappa shape index (κ1) is 31.6. The van der Waals surface area contributed by atoms with Crippen molar-refractivity contribution in [2.45, 2.75) is 0 Å². The number of rotatable bonds is 3. The molecular weight excluding hydrogens is 761 g/mol. The van der Waals surface area contributed by atoms with Gasteiger partial charge in [0.15, 0.2) is 16.7 Å². The molecule has 0 amide bonds. The van der Waals surface area contributed by atoms with Crippen molar-refractivity contribution >= 4 is 89.2 Å². The Morgan fingerprint density at radius 1 is 0.361 bits per heavy atom. The molecule has 0 aliphatic carbocycles. The molecule has 0 atom stereocenters. The molecule has 0 bridgehead atoms. The van der Waals surface area contributed by atoms with Gasteiger partial charge in [-0.05, 0) is 96.1 Å². The molecule has 6 aromatic carbocycles. The fourth-order valence-electron chi connectivity index (χ4n) is 9.92. The first-order valence-electron chi connectivity index (χ1n) is 20.1. The van der Waals surface area contributed by atoms with E-state index in [4.69, 9.17) is 42.4 Å². The van der Waals surface area contributed by atoms with Crippen LogP contribution in [-0.4, -0.2) is 21.7 Å². The molecule has 3 aliphatic rings. The number of fused-ring (bicyclic) bond motifs is 9. The Kier molecular flexibility index (Phi) is 5.81. The third-order valence-corrected chi connectivity index (χ3v) is 12.5. The Bertz CT molecular complexity index is 3480. The van der Waals surface area contributed by atoms with Gasteiger partial charge >= 0.3 is 0 Å². The average molecular weight is 786 g/mol. The minimum atomic E-state index is -0.240. The van der Waals surface area contributed by atoms with Crippen molar-refractivity contribution in [3.05, 3.63) is 146 Å². The van der Waals surface area contributed by atoms with Gasteiger partial charge in [0, 0.05) is 73.2 Å². The largest absolute Gasteiger partial charge is 0.458 e. The van der Waals surface area contributed by atoms with Crippen LogP contribution in [0.25, 0.3) is 99.6 Å². The van der Waals surface area contributed by atoms with Crippen molar-refractivity contribution in [1.82, 2.24) is 15.0 Å². The Hall–Kier alpha value is -8.37. The van der Waals surface area contributed by atoms with Gasteiger partial charge in [0.1, 0.15) is 68.0 Å². The SMILES string of the molecule is c1ccc2c(c1)oc1c(-c3cc4c5c(c3)Oc3cc(-c6ccnc7c6oc6ccccc67)cc6c3B5c3c(cc(-c5ccnc7c5oc5ccccc57)cc3O6)O4)nccc12. The van der Waals surface area contributed by atoms with Gasteiger partial charge in [-0.3, -0.25) is 15.0 Å². The van der Waals surface area contributed by atoms with Gasteiger partial charge < -0.3 is 27.5 Å². The molecule has 0 saturated carbocycles. The normalized spacial score (nSPS) is 13.3. The highest BCUT2D eigenvalue weighted by Gasteiger charge is 2.47. The molecule has 15 rings (SSSR count). The van der Waals surface area contributed by atoms with E-state index in [0.717, 1.165) is 93.5 Å². The molecule has 12 aromatic rings. The molecule has 0 radical (unpaired) electrons. The standard InChI is InChI=1S/C51H24BN3O6/c1-4-10-34-30(7-1)31-15-18-53-46(51(31)59-34)27-23-41-45-42(24-27)58-40-22-26(29-14-17-55-48-33-9-3-6-12-36(33)61-50(29)48)20-38-44(40)52(45)43-37(56-38)19-25(21-39(43)57-41)28-13-16-54-47-32-8-2-5-11-35(32)60-49(28)47/h1-24H. The summed E-state index contributed by atoms with van der Waals surface area (Å²) in [7, 11) is 0. The zero-order valence-corrected chi connectivity index (χ0v) is 31.7. The summed E-state index contributed by atoms with van der Waals surface area (Å²) in [6, 6.07) is 42.4. The van der Waals surface area contributed by atoms with E-state index in [1.165, 1.54) is 0 Å². The molecule has 61 heavy (non-hydrogen) atoms. The number of para-hydroxylation sites is 3. The number of ether oxygens (including phenoxy) is 3. The molecule has 282 valence electrons. The zero-order chi connectivity index (χ0) is 39.5. The highest BCUT2D eigenvalue weighted by Crippen LogP contribution is 2.48. The molecule has 0 spiro atoms. The molecule has 0 saturated heterocycles. The van der Waals surface area contributed by atoms with E-state index in [9.17, 15) is 0 Å². The number of aromatic nitrogens is 3. The molecule has 3 aliphatic heterocycles. The van der Waals surface area contributed by atoms with Crippen molar-refractivity contribution in [2.24, 2.45) is 0 Å². The van der Waals surface area contributed by atoms with Crippen LogP contribution in [0.2, 0.25) is 0 Å². The van der Waals surface area contributed by atoms with Crippen LogP contribution in [0.15, 0.2) is 159 Å². The van der Waals surface area contributed by atoms with E-state index in [0.29, 0.717) is 56.9 Å². The number of hydrogen-bond acceptors (Lipinski definition) is 9. The summed E-state index contributed by atoms with van der Waals surface area (Å²) < 4.78 is 40.5. The first-order chi connectivity index (χ1) is 30.2. The molecule has 9 nitrogen and oxygen atoms in total. The maximum atomic E-state index is 7.01. The third-order valence-electron chi connectivity index (χ3n) is 12.5. The molecule has 0 N–H and O–H groups in total. The van der Waals surface area contributed by atoms with E-state index in [1.807, 2.05) is 104 Å². The first-order valence-corrected chi connectivity index (χ1v) is 20.1. The molecule has 6 aromatic heterocycles. The van der Waals surface area contributed by atoms with Crippen molar-refractivity contribution in [2.75, 3.05) is 0 Å². The second-order valence-electron chi connectivity index (χ2n) is 15.8. The lowest BCUT2D eigenvalue weighted by atomic mass is 9.33. The molecule has 0 unspecified atom stereocenters. The molecule has 0 fully saturated rings. The van der Waals surface area contributed by atoms with Crippen LogP contribution in [0.3, 0.4) is 0 Å². The number of furan rings is 3. The van der Waals surface area contributed by atoms with Crippen LogP contribution >= 0.6 is 0 Å². The van der Waals surface area contributed by atoms with Crippen molar-refractivity contribution in [3.63, 3.8) is 0 Å². The van der Waals surface area contributed by atoms with E-state index >= 15 is 0 Å². The van der Waals surface area contributed by atoms with Gasteiger partial charge in [-0.15, -0.1) is 0 Å². The van der Waals surface area contributed by atoms with E-state index < -0.39 is 0 Å². The fraction of sp³-hybridized carbons (Fsp3) is 0. The number of nitrogens with zero attached hydrogens (tertiary/aromatic N) is 3. The van der Waals surface area contributed by atoms with Crippen LogP contribution < -0.4 is 30.6 Å². The van der Waals surface area contributed by atoms with E-state index in [-0.39, 0.29) is 6.71 Å². The smallest absolute Gasteiger partial charge is 0.270 e. The second kappa shape index (κ2) is 11.2. The van der Waals surface area contributed by atoms with E-state index in [2.05, 4.69) is 42.5 Å². The quantitative estimate of drug-likeness (QED) is 0.162. The lowest BCUT2D eigenvalue weighted by Crippen LogP contribution is -2.59. The monoisotopic (exact) mass is 785 g/mol. The second-order valence-corrected chi connectivity index (χ2v) is 15.8. The van der Waals surface area contributed by atoms with Crippen LogP contribution in [0.5, 0.6) is 34.5 Å². The lowest BCUT2D eigenvalue weighted by Gasteiger charge is -2.38. The maximum Gasteiger partial charge on any atom is 0.270 e. The Labute approximate surface area is 344 Å². The minimum Gasteiger partial charge on any atom is -0.458 e. The highest BCUT2D eigenvalue weighted by molar-refractivity contribution is 6.99. The zero-order valence-electron chi connectivity index (χ0n) is 31.7. The maximum absolute atomic E-state index is 7.01. The van der Waals surface area contributed by atoms with E-state index in [1.54, 1.807) is 0 Å². The minimum absolute atomic E-state index is 0.240. The van der Waals surface area contributed by atoms with Crippen LogP contribution in [0, 0.1) is 0 Å². The van der Waals surface area contributed by atoms with Gasteiger partial charge in [-0.1, -0.05) is 42.5 Å². The fourth-order valence-corrected chi connectivity index (χ4v) is 9.92. The molecule has 10 heteroatoms. The Morgan fingerprint density at radius 3 is 1.28 bits per heavy atom. The summed E-state index contributed by atoms with van der Waals surface area (Å²) in [6.07, 6.45) is 5.48. The highest BCUT2D eigenvalue weighted by atomic mass is 16.5.